The molecule has 4 nitrogen and oxygen atoms in total. The normalized spacial score (nSPS) is 15.7. The lowest BCUT2D eigenvalue weighted by Gasteiger charge is -2.17. The van der Waals surface area contributed by atoms with Crippen LogP contribution in [0.1, 0.15) is 12.8 Å². The fraction of sp³-hybridized carbons (Fsp3) is 0.800. The van der Waals surface area contributed by atoms with E-state index in [-0.39, 0.29) is 17.6 Å². The van der Waals surface area contributed by atoms with Crippen LogP contribution >= 0.6 is 0 Å². The average Bonchev–Trinajstić information content (AvgIpc) is 2.85. The van der Waals surface area contributed by atoms with Crippen LogP contribution in [0.3, 0.4) is 0 Å². The van der Waals surface area contributed by atoms with Gasteiger partial charge in [0, 0.05) is 20.0 Å². The van der Waals surface area contributed by atoms with Gasteiger partial charge in [0.2, 0.25) is 5.91 Å². The maximum Gasteiger partial charge on any atom is 0.236 e. The Kier molecular flexibility index (Phi) is 3.63. The van der Waals surface area contributed by atoms with Crippen LogP contribution < -0.4 is 0 Å². The van der Waals surface area contributed by atoms with Crippen molar-refractivity contribution in [2.45, 2.75) is 12.8 Å². The molecule has 0 aromatic carbocycles. The first kappa shape index (κ1) is 11.2. The minimum absolute atomic E-state index is 0.0381. The van der Waals surface area contributed by atoms with Gasteiger partial charge < -0.3 is 4.90 Å². The minimum atomic E-state index is 0.0381. The summed E-state index contributed by atoms with van der Waals surface area (Å²) in [5.74, 6) is 0.599. The van der Waals surface area contributed by atoms with Crippen LogP contribution in [0.4, 0.5) is 0 Å². The highest BCUT2D eigenvalue weighted by Crippen LogP contribution is 2.29. The van der Waals surface area contributed by atoms with E-state index in [9.17, 15) is 9.59 Å². The molecule has 4 heteroatoms. The summed E-state index contributed by atoms with van der Waals surface area (Å²) in [6.45, 7) is 0.732. The molecule has 0 aromatic heterocycles. The lowest BCUT2D eigenvalue weighted by Crippen LogP contribution is -2.37. The second-order valence-electron chi connectivity index (χ2n) is 4.20. The fourth-order valence-electron chi connectivity index (χ4n) is 1.23. The Morgan fingerprint density at radius 1 is 1.14 bits per heavy atom. The van der Waals surface area contributed by atoms with E-state index in [1.807, 2.05) is 7.05 Å². The van der Waals surface area contributed by atoms with Gasteiger partial charge in [0.25, 0.3) is 0 Å². The molecule has 1 aliphatic rings. The zero-order valence-electron chi connectivity index (χ0n) is 9.12. The Balaban J connectivity index is 2.23. The summed E-state index contributed by atoms with van der Waals surface area (Å²) in [7, 11) is 5.25. The first-order valence-corrected chi connectivity index (χ1v) is 4.92. The first-order valence-electron chi connectivity index (χ1n) is 4.92. The monoisotopic (exact) mass is 198 g/mol. The smallest absolute Gasteiger partial charge is 0.236 e. The molecule has 0 saturated heterocycles. The van der Waals surface area contributed by atoms with E-state index in [1.165, 1.54) is 4.90 Å². The Morgan fingerprint density at radius 2 is 1.71 bits per heavy atom. The van der Waals surface area contributed by atoms with Gasteiger partial charge in [-0.05, 0) is 19.9 Å². The molecular formula is C10H18N2O2. The number of carbonyl (C=O) groups is 2. The summed E-state index contributed by atoms with van der Waals surface area (Å²) in [6, 6.07) is 0. The molecule has 0 aliphatic heterocycles. The standard InChI is InChI=1S/C10H18N2O2/c1-11(2)10(14)7-12(3)6-9(13)8-4-5-8/h8H,4-7H2,1-3H3. The van der Waals surface area contributed by atoms with Crippen LogP contribution in [-0.2, 0) is 9.59 Å². The lowest BCUT2D eigenvalue weighted by atomic mass is 10.2. The van der Waals surface area contributed by atoms with Crippen molar-refractivity contribution >= 4 is 11.7 Å². The molecule has 0 unspecified atom stereocenters. The van der Waals surface area contributed by atoms with Crippen LogP contribution in [0.15, 0.2) is 0 Å². The fourth-order valence-corrected chi connectivity index (χ4v) is 1.23. The highest BCUT2D eigenvalue weighted by Gasteiger charge is 2.29. The van der Waals surface area contributed by atoms with Crippen LogP contribution in [0, 0.1) is 5.92 Å². The van der Waals surface area contributed by atoms with Gasteiger partial charge in [0.05, 0.1) is 13.1 Å². The molecule has 14 heavy (non-hydrogen) atoms. The topological polar surface area (TPSA) is 40.6 Å². The molecule has 0 N–H and O–H groups in total. The maximum absolute atomic E-state index is 11.4. The number of ketones is 1. The number of hydrogen-bond donors (Lipinski definition) is 0. The largest absolute Gasteiger partial charge is 0.348 e. The van der Waals surface area contributed by atoms with Crippen molar-refractivity contribution in [2.75, 3.05) is 34.2 Å². The number of amides is 1. The molecule has 0 bridgehead atoms. The third-order valence-electron chi connectivity index (χ3n) is 2.36. The third-order valence-corrected chi connectivity index (χ3v) is 2.36. The second kappa shape index (κ2) is 4.55. The zero-order chi connectivity index (χ0) is 10.7. The van der Waals surface area contributed by atoms with E-state index in [0.717, 1.165) is 12.8 Å². The molecule has 1 aliphatic carbocycles. The first-order chi connectivity index (χ1) is 6.50. The molecule has 0 atom stereocenters. The molecule has 0 radical (unpaired) electrons. The van der Waals surface area contributed by atoms with Gasteiger partial charge in [0.15, 0.2) is 0 Å². The molecule has 1 saturated carbocycles. The highest BCUT2D eigenvalue weighted by molar-refractivity contribution is 5.85. The number of hydrogen-bond acceptors (Lipinski definition) is 3. The summed E-state index contributed by atoms with van der Waals surface area (Å²) in [5.41, 5.74) is 0. The Bertz CT molecular complexity index is 218. The van der Waals surface area contributed by atoms with Crippen LogP contribution in [0.25, 0.3) is 0 Å². The van der Waals surface area contributed by atoms with Crippen molar-refractivity contribution in [1.29, 1.82) is 0 Å². The van der Waals surface area contributed by atoms with Crippen molar-refractivity contribution in [1.82, 2.24) is 9.80 Å². The molecular weight excluding hydrogens is 180 g/mol. The van der Waals surface area contributed by atoms with Gasteiger partial charge in [-0.3, -0.25) is 14.5 Å². The van der Waals surface area contributed by atoms with E-state index >= 15 is 0 Å². The lowest BCUT2D eigenvalue weighted by molar-refractivity contribution is -0.130. The quantitative estimate of drug-likeness (QED) is 0.623. The third kappa shape index (κ3) is 3.46. The molecule has 80 valence electrons. The Labute approximate surface area is 84.9 Å². The second-order valence-corrected chi connectivity index (χ2v) is 4.20. The van der Waals surface area contributed by atoms with Crippen LogP contribution in [0.2, 0.25) is 0 Å². The van der Waals surface area contributed by atoms with Gasteiger partial charge in [0.1, 0.15) is 5.78 Å². The van der Waals surface area contributed by atoms with Crippen molar-refractivity contribution in [3.05, 3.63) is 0 Å². The molecule has 0 heterocycles. The van der Waals surface area contributed by atoms with Gasteiger partial charge >= 0.3 is 0 Å². The Morgan fingerprint density at radius 3 is 2.14 bits per heavy atom. The van der Waals surface area contributed by atoms with E-state index in [0.29, 0.717) is 13.1 Å². The minimum Gasteiger partial charge on any atom is -0.348 e. The van der Waals surface area contributed by atoms with Crippen molar-refractivity contribution in [3.63, 3.8) is 0 Å². The van der Waals surface area contributed by atoms with E-state index in [1.54, 1.807) is 19.0 Å². The van der Waals surface area contributed by atoms with E-state index in [2.05, 4.69) is 0 Å². The van der Waals surface area contributed by atoms with E-state index in [4.69, 9.17) is 0 Å². The summed E-state index contributed by atoms with van der Waals surface area (Å²) in [5, 5.41) is 0. The van der Waals surface area contributed by atoms with Gasteiger partial charge in [-0.25, -0.2) is 0 Å². The number of rotatable bonds is 5. The van der Waals surface area contributed by atoms with Gasteiger partial charge in [-0.1, -0.05) is 0 Å². The van der Waals surface area contributed by atoms with Gasteiger partial charge in [-0.2, -0.15) is 0 Å². The van der Waals surface area contributed by atoms with Crippen LogP contribution in [0.5, 0.6) is 0 Å². The van der Waals surface area contributed by atoms with Crippen molar-refractivity contribution in [2.24, 2.45) is 5.92 Å². The summed E-state index contributed by atoms with van der Waals surface area (Å²) >= 11 is 0. The number of carbonyl (C=O) groups excluding carboxylic acids is 2. The van der Waals surface area contributed by atoms with Crippen molar-refractivity contribution in [3.8, 4) is 0 Å². The molecule has 0 spiro atoms. The average molecular weight is 198 g/mol. The SMILES string of the molecule is CN(CC(=O)C1CC1)CC(=O)N(C)C. The molecule has 0 aromatic rings. The molecule has 1 amide bonds. The van der Waals surface area contributed by atoms with Crippen LogP contribution in [-0.4, -0.2) is 55.7 Å². The number of Topliss-reactive ketones (excluding diaryl/α,β-unsaturated/α-hetero) is 1. The number of nitrogens with zero attached hydrogens (tertiary/aromatic N) is 2. The van der Waals surface area contributed by atoms with Gasteiger partial charge in [-0.15, -0.1) is 0 Å². The summed E-state index contributed by atoms with van der Waals surface area (Å²) in [6.07, 6.45) is 2.07. The predicted octanol–water partition coefficient (Wildman–Crippen LogP) is -0.0145. The van der Waals surface area contributed by atoms with E-state index < -0.39 is 0 Å². The maximum atomic E-state index is 11.4. The number of likely N-dealkylation sites (N-methyl/N-ethyl adjacent to an activating group) is 2. The molecule has 1 fully saturated rings. The zero-order valence-corrected chi connectivity index (χ0v) is 9.12. The predicted molar refractivity (Wildman–Crippen MR) is 53.9 cm³/mol. The summed E-state index contributed by atoms with van der Waals surface area (Å²) < 4.78 is 0. The van der Waals surface area contributed by atoms with Crippen molar-refractivity contribution < 1.29 is 9.59 Å². The molecule has 1 rings (SSSR count). The summed E-state index contributed by atoms with van der Waals surface area (Å²) in [4.78, 5) is 26.0. The Hall–Kier alpha value is -0.900. The highest BCUT2D eigenvalue weighted by atomic mass is 16.2.